The summed E-state index contributed by atoms with van der Waals surface area (Å²) < 4.78 is 0. The summed E-state index contributed by atoms with van der Waals surface area (Å²) in [6.07, 6.45) is 5.36. The summed E-state index contributed by atoms with van der Waals surface area (Å²) in [7, 11) is 2.16. The number of likely N-dealkylation sites (N-methyl/N-ethyl adjacent to an activating group) is 1. The molecule has 1 N–H and O–H groups in total. The van der Waals surface area contributed by atoms with Gasteiger partial charge < -0.3 is 10.2 Å². The van der Waals surface area contributed by atoms with Gasteiger partial charge in [0, 0.05) is 36.5 Å². The van der Waals surface area contributed by atoms with Crippen LogP contribution < -0.4 is 5.32 Å². The van der Waals surface area contributed by atoms with Crippen molar-refractivity contribution in [1.82, 2.24) is 15.2 Å². The largest absolute Gasteiger partial charge is 0.310 e. The Morgan fingerprint density at radius 1 is 1.48 bits per heavy atom. The molecule has 6 nitrogen and oxygen atoms in total. The Kier molecular flexibility index (Phi) is 5.25. The molecule has 2 heterocycles. The Bertz CT molecular complexity index is 519. The minimum Gasteiger partial charge on any atom is -0.310 e. The number of aromatic nitrogens is 1. The Balaban J connectivity index is 1.97. The van der Waals surface area contributed by atoms with Crippen LogP contribution in [0.15, 0.2) is 6.20 Å². The van der Waals surface area contributed by atoms with Gasteiger partial charge in [-0.25, -0.2) is 0 Å². The molecular weight excluding hydrogens is 268 g/mol. The molecule has 21 heavy (non-hydrogen) atoms. The summed E-state index contributed by atoms with van der Waals surface area (Å²) in [6.45, 7) is 6.14. The molecule has 0 bridgehead atoms. The van der Waals surface area contributed by atoms with E-state index < -0.39 is 0 Å². The van der Waals surface area contributed by atoms with Gasteiger partial charge in [-0.15, -0.1) is 0 Å². The van der Waals surface area contributed by atoms with Gasteiger partial charge in [0.15, 0.2) is 0 Å². The predicted octanol–water partition coefficient (Wildman–Crippen LogP) is 2.18. The van der Waals surface area contributed by atoms with Crippen LogP contribution in [0.3, 0.4) is 0 Å². The number of pyridine rings is 1. The third-order valence-electron chi connectivity index (χ3n) is 4.35. The van der Waals surface area contributed by atoms with Crippen molar-refractivity contribution >= 4 is 5.69 Å². The van der Waals surface area contributed by atoms with E-state index in [0.29, 0.717) is 23.7 Å². The molecule has 1 aliphatic heterocycles. The van der Waals surface area contributed by atoms with Gasteiger partial charge in [0.1, 0.15) is 0 Å². The van der Waals surface area contributed by atoms with Crippen molar-refractivity contribution in [2.45, 2.75) is 45.7 Å². The van der Waals surface area contributed by atoms with E-state index in [2.05, 4.69) is 22.2 Å². The average Bonchev–Trinajstić information content (AvgIpc) is 2.43. The highest BCUT2D eigenvalue weighted by Crippen LogP contribution is 2.24. The van der Waals surface area contributed by atoms with E-state index in [-0.39, 0.29) is 10.6 Å². The fourth-order valence-corrected chi connectivity index (χ4v) is 2.98. The van der Waals surface area contributed by atoms with E-state index in [1.54, 1.807) is 20.0 Å². The summed E-state index contributed by atoms with van der Waals surface area (Å²) >= 11 is 0. The van der Waals surface area contributed by atoms with Gasteiger partial charge >= 0.3 is 0 Å². The maximum absolute atomic E-state index is 11.1. The first-order valence-corrected chi connectivity index (χ1v) is 7.51. The zero-order valence-electron chi connectivity index (χ0n) is 13.1. The molecule has 0 aromatic carbocycles. The van der Waals surface area contributed by atoms with Crippen LogP contribution in [0.1, 0.15) is 36.1 Å². The van der Waals surface area contributed by atoms with Crippen LogP contribution in [0, 0.1) is 24.0 Å². The molecule has 0 aliphatic carbocycles. The Morgan fingerprint density at radius 2 is 2.24 bits per heavy atom. The molecular formula is C15H24N4O2. The maximum atomic E-state index is 11.1. The molecule has 1 atom stereocenters. The predicted molar refractivity (Wildman–Crippen MR) is 82.3 cm³/mol. The highest BCUT2D eigenvalue weighted by Gasteiger charge is 2.20. The highest BCUT2D eigenvalue weighted by molar-refractivity contribution is 5.47. The smallest absolute Gasteiger partial charge is 0.278 e. The number of hydrogen-bond donors (Lipinski definition) is 1. The minimum absolute atomic E-state index is 0.191. The second-order valence-corrected chi connectivity index (χ2v) is 5.88. The Labute approximate surface area is 125 Å². The van der Waals surface area contributed by atoms with Crippen LogP contribution in [0.4, 0.5) is 5.69 Å². The highest BCUT2D eigenvalue weighted by atomic mass is 16.6. The zero-order valence-corrected chi connectivity index (χ0v) is 13.1. The van der Waals surface area contributed by atoms with E-state index >= 15 is 0 Å². The van der Waals surface area contributed by atoms with Gasteiger partial charge in [-0.3, -0.25) is 15.1 Å². The maximum Gasteiger partial charge on any atom is 0.278 e. The van der Waals surface area contributed by atoms with Crippen molar-refractivity contribution in [3.8, 4) is 0 Å². The number of hydrogen-bond acceptors (Lipinski definition) is 5. The summed E-state index contributed by atoms with van der Waals surface area (Å²) in [5.41, 5.74) is 2.25. The van der Waals surface area contributed by atoms with Gasteiger partial charge in [-0.1, -0.05) is 6.42 Å². The molecule has 116 valence electrons. The summed E-state index contributed by atoms with van der Waals surface area (Å²) in [5, 5.41) is 14.5. The van der Waals surface area contributed by atoms with Crippen molar-refractivity contribution in [3.63, 3.8) is 0 Å². The van der Waals surface area contributed by atoms with E-state index in [1.807, 2.05) is 0 Å². The quantitative estimate of drug-likeness (QED) is 0.665. The fourth-order valence-electron chi connectivity index (χ4n) is 2.98. The van der Waals surface area contributed by atoms with Crippen molar-refractivity contribution in [3.05, 3.63) is 33.1 Å². The number of aryl methyl sites for hydroxylation is 1. The first-order chi connectivity index (χ1) is 10.0. The third-order valence-corrected chi connectivity index (χ3v) is 4.35. The number of nitro groups is 1. The lowest BCUT2D eigenvalue weighted by atomic mass is 10.0. The SMILES string of the molecule is Cc1cnc(CNCC2CCCCN2C)c(C)c1[N+](=O)[O-]. The van der Waals surface area contributed by atoms with Crippen molar-refractivity contribution < 1.29 is 4.92 Å². The lowest BCUT2D eigenvalue weighted by Gasteiger charge is -2.32. The second kappa shape index (κ2) is 6.95. The molecule has 0 radical (unpaired) electrons. The topological polar surface area (TPSA) is 71.3 Å². The van der Waals surface area contributed by atoms with Crippen LogP contribution in [0.25, 0.3) is 0 Å². The lowest BCUT2D eigenvalue weighted by molar-refractivity contribution is -0.386. The zero-order chi connectivity index (χ0) is 15.4. The normalized spacial score (nSPS) is 19.7. The number of nitrogens with one attached hydrogen (secondary N) is 1. The van der Waals surface area contributed by atoms with Crippen LogP contribution in [0.2, 0.25) is 0 Å². The van der Waals surface area contributed by atoms with Gasteiger partial charge in [-0.2, -0.15) is 0 Å². The lowest BCUT2D eigenvalue weighted by Crippen LogP contribution is -2.43. The molecule has 1 fully saturated rings. The Morgan fingerprint density at radius 3 is 2.90 bits per heavy atom. The molecule has 6 heteroatoms. The van der Waals surface area contributed by atoms with E-state index in [4.69, 9.17) is 0 Å². The molecule has 0 amide bonds. The number of nitrogens with zero attached hydrogens (tertiary/aromatic N) is 3. The van der Waals surface area contributed by atoms with E-state index in [0.717, 1.165) is 18.8 Å². The van der Waals surface area contributed by atoms with Crippen molar-refractivity contribution in [1.29, 1.82) is 0 Å². The molecule has 0 saturated carbocycles. The third kappa shape index (κ3) is 3.77. The fraction of sp³-hybridized carbons (Fsp3) is 0.667. The molecule has 0 spiro atoms. The van der Waals surface area contributed by atoms with Gasteiger partial charge in [-0.05, 0) is 40.3 Å². The van der Waals surface area contributed by atoms with Gasteiger partial charge in [0.2, 0.25) is 0 Å². The summed E-state index contributed by atoms with van der Waals surface area (Å²) in [4.78, 5) is 17.5. The number of piperidine rings is 1. The van der Waals surface area contributed by atoms with Crippen molar-refractivity contribution in [2.24, 2.45) is 0 Å². The average molecular weight is 292 g/mol. The van der Waals surface area contributed by atoms with Crippen LogP contribution in [0.5, 0.6) is 0 Å². The van der Waals surface area contributed by atoms with E-state index in [9.17, 15) is 10.1 Å². The van der Waals surface area contributed by atoms with Crippen LogP contribution in [-0.4, -0.2) is 41.0 Å². The van der Waals surface area contributed by atoms with Crippen LogP contribution >= 0.6 is 0 Å². The number of rotatable bonds is 5. The Hall–Kier alpha value is -1.53. The molecule has 1 aromatic heterocycles. The molecule has 1 aromatic rings. The standard InChI is InChI=1S/C15H24N4O2/c1-11-8-17-14(12(2)15(11)19(20)21)10-16-9-13-6-4-5-7-18(13)3/h8,13,16H,4-7,9-10H2,1-3H3. The van der Waals surface area contributed by atoms with Crippen molar-refractivity contribution in [2.75, 3.05) is 20.1 Å². The van der Waals surface area contributed by atoms with Gasteiger partial charge in [0.05, 0.1) is 10.6 Å². The summed E-state index contributed by atoms with van der Waals surface area (Å²) in [5.74, 6) is 0. The second-order valence-electron chi connectivity index (χ2n) is 5.88. The van der Waals surface area contributed by atoms with Gasteiger partial charge in [0.25, 0.3) is 5.69 Å². The molecule has 1 aliphatic rings. The molecule has 1 saturated heterocycles. The van der Waals surface area contributed by atoms with E-state index in [1.165, 1.54) is 19.3 Å². The first kappa shape index (κ1) is 15.9. The summed E-state index contributed by atoms with van der Waals surface area (Å²) in [6, 6.07) is 0.555. The molecule has 2 rings (SSSR count). The van der Waals surface area contributed by atoms with Crippen LogP contribution in [-0.2, 0) is 6.54 Å². The monoisotopic (exact) mass is 292 g/mol. The molecule has 1 unspecified atom stereocenters. The number of likely N-dealkylation sites (tertiary alicyclic amines) is 1. The minimum atomic E-state index is -0.315. The first-order valence-electron chi connectivity index (χ1n) is 7.51.